The number of nitrogens with zero attached hydrogens (tertiary/aromatic N) is 2. The Morgan fingerprint density at radius 1 is 0.923 bits per heavy atom. The second-order valence-electron chi connectivity index (χ2n) is 6.18. The van der Waals surface area contributed by atoms with Crippen LogP contribution in [0.4, 0.5) is 0 Å². The van der Waals surface area contributed by atoms with Gasteiger partial charge in [-0.3, -0.25) is 4.68 Å². The summed E-state index contributed by atoms with van der Waals surface area (Å²) in [5.74, 6) is 0. The Hall–Kier alpha value is -2.47. The zero-order chi connectivity index (χ0) is 18.2. The molecule has 0 bridgehead atoms. The van der Waals surface area contributed by atoms with Crippen molar-refractivity contribution in [2.24, 2.45) is 7.05 Å². The summed E-state index contributed by atoms with van der Waals surface area (Å²) in [4.78, 5) is 0. The molecule has 0 saturated carbocycles. The van der Waals surface area contributed by atoms with Crippen LogP contribution in [0.5, 0.6) is 0 Å². The van der Waals surface area contributed by atoms with Crippen molar-refractivity contribution >= 4 is 0 Å². The van der Waals surface area contributed by atoms with E-state index in [9.17, 15) is 5.11 Å². The molecule has 0 aliphatic carbocycles. The third-order valence-corrected chi connectivity index (χ3v) is 4.15. The van der Waals surface area contributed by atoms with Crippen molar-refractivity contribution in [2.75, 3.05) is 6.61 Å². The Balaban J connectivity index is 1.71. The molecule has 5 heteroatoms. The number of aliphatic hydroxyl groups is 1. The van der Waals surface area contributed by atoms with E-state index in [1.54, 1.807) is 10.9 Å². The van der Waals surface area contributed by atoms with E-state index >= 15 is 0 Å². The fraction of sp³-hybridized carbons (Fsp3) is 0.286. The van der Waals surface area contributed by atoms with Gasteiger partial charge in [-0.05, 0) is 11.1 Å². The van der Waals surface area contributed by atoms with Gasteiger partial charge in [-0.1, -0.05) is 60.7 Å². The van der Waals surface area contributed by atoms with Crippen LogP contribution in [0.2, 0.25) is 0 Å². The number of benzene rings is 2. The van der Waals surface area contributed by atoms with Gasteiger partial charge in [0.1, 0.15) is 12.2 Å². The van der Waals surface area contributed by atoms with Crippen molar-refractivity contribution in [3.8, 4) is 0 Å². The molecular weight excluding hydrogens is 328 g/mol. The van der Waals surface area contributed by atoms with E-state index in [1.165, 1.54) is 0 Å². The van der Waals surface area contributed by atoms with E-state index in [4.69, 9.17) is 9.47 Å². The van der Waals surface area contributed by atoms with Gasteiger partial charge < -0.3 is 14.6 Å². The van der Waals surface area contributed by atoms with E-state index in [0.29, 0.717) is 13.2 Å². The van der Waals surface area contributed by atoms with Gasteiger partial charge in [0.25, 0.3) is 0 Å². The van der Waals surface area contributed by atoms with Crippen LogP contribution in [-0.2, 0) is 29.7 Å². The van der Waals surface area contributed by atoms with Crippen LogP contribution in [0.25, 0.3) is 0 Å². The van der Waals surface area contributed by atoms with Crippen molar-refractivity contribution in [2.45, 2.75) is 25.4 Å². The van der Waals surface area contributed by atoms with Gasteiger partial charge >= 0.3 is 0 Å². The van der Waals surface area contributed by atoms with Crippen molar-refractivity contribution in [1.82, 2.24) is 9.78 Å². The summed E-state index contributed by atoms with van der Waals surface area (Å²) in [5, 5.41) is 14.1. The molecule has 3 rings (SSSR count). The summed E-state index contributed by atoms with van der Waals surface area (Å²) < 4.78 is 13.8. The van der Waals surface area contributed by atoms with Crippen LogP contribution < -0.4 is 0 Å². The molecule has 1 aromatic heterocycles. The van der Waals surface area contributed by atoms with Gasteiger partial charge in [-0.2, -0.15) is 5.10 Å². The minimum absolute atomic E-state index is 0.138. The lowest BCUT2D eigenvalue weighted by Crippen LogP contribution is -2.28. The molecular formula is C21H24N2O3. The predicted molar refractivity (Wildman–Crippen MR) is 99.3 cm³/mol. The average molecular weight is 352 g/mol. The number of aliphatic hydroxyl groups excluding tert-OH is 1. The lowest BCUT2D eigenvalue weighted by Gasteiger charge is -2.25. The topological polar surface area (TPSA) is 56.5 Å². The monoisotopic (exact) mass is 352 g/mol. The molecule has 0 fully saturated rings. The fourth-order valence-corrected chi connectivity index (χ4v) is 2.78. The summed E-state index contributed by atoms with van der Waals surface area (Å²) in [6.07, 6.45) is 2.76. The van der Waals surface area contributed by atoms with Gasteiger partial charge in [-0.25, -0.2) is 0 Å². The van der Waals surface area contributed by atoms with Gasteiger partial charge in [-0.15, -0.1) is 0 Å². The molecule has 0 amide bonds. The quantitative estimate of drug-likeness (QED) is 0.642. The highest BCUT2D eigenvalue weighted by atomic mass is 16.5. The highest BCUT2D eigenvalue weighted by Crippen LogP contribution is 2.25. The van der Waals surface area contributed by atoms with E-state index in [2.05, 4.69) is 5.10 Å². The molecule has 5 nitrogen and oxygen atoms in total. The minimum atomic E-state index is -0.483. The van der Waals surface area contributed by atoms with Crippen LogP contribution in [0.3, 0.4) is 0 Å². The molecule has 26 heavy (non-hydrogen) atoms. The summed E-state index contributed by atoms with van der Waals surface area (Å²) in [6.45, 7) is 0.713. The first-order valence-electron chi connectivity index (χ1n) is 8.66. The molecule has 0 unspecified atom stereocenters. The van der Waals surface area contributed by atoms with E-state index in [1.807, 2.05) is 73.9 Å². The number of hydrogen-bond donors (Lipinski definition) is 1. The lowest BCUT2D eigenvalue weighted by atomic mass is 10.1. The molecule has 3 aromatic rings. The van der Waals surface area contributed by atoms with E-state index in [0.717, 1.165) is 16.7 Å². The van der Waals surface area contributed by atoms with E-state index in [-0.39, 0.29) is 6.61 Å². The van der Waals surface area contributed by atoms with Crippen LogP contribution in [-0.4, -0.2) is 27.6 Å². The van der Waals surface area contributed by atoms with Crippen LogP contribution in [0, 0.1) is 0 Å². The van der Waals surface area contributed by atoms with Crippen LogP contribution in [0.15, 0.2) is 73.1 Å². The fourth-order valence-electron chi connectivity index (χ4n) is 2.78. The minimum Gasteiger partial charge on any atom is -0.394 e. The van der Waals surface area contributed by atoms with Crippen molar-refractivity contribution in [1.29, 1.82) is 0 Å². The summed E-state index contributed by atoms with van der Waals surface area (Å²) >= 11 is 0. The Bertz CT molecular complexity index is 774. The van der Waals surface area contributed by atoms with Gasteiger partial charge in [0, 0.05) is 18.8 Å². The molecule has 1 N–H and O–H groups in total. The Morgan fingerprint density at radius 2 is 1.50 bits per heavy atom. The second-order valence-corrected chi connectivity index (χ2v) is 6.18. The second kappa shape index (κ2) is 9.29. The summed E-state index contributed by atoms with van der Waals surface area (Å²) in [6, 6.07) is 19.9. The molecule has 2 atom stereocenters. The maximum absolute atomic E-state index is 9.91. The molecule has 0 aliphatic rings. The van der Waals surface area contributed by atoms with E-state index < -0.39 is 12.2 Å². The predicted octanol–water partition coefficient (Wildman–Crippen LogP) is 3.26. The average Bonchev–Trinajstić information content (AvgIpc) is 3.12. The molecule has 0 aliphatic heterocycles. The number of rotatable bonds is 9. The van der Waals surface area contributed by atoms with Crippen LogP contribution >= 0.6 is 0 Å². The normalized spacial score (nSPS) is 13.5. The Morgan fingerprint density at radius 3 is 2.00 bits per heavy atom. The van der Waals surface area contributed by atoms with Crippen molar-refractivity contribution in [3.05, 3.63) is 89.7 Å². The number of ether oxygens (including phenoxy) is 2. The lowest BCUT2D eigenvalue weighted by molar-refractivity contribution is -0.106. The molecule has 136 valence electrons. The number of hydrogen-bond acceptors (Lipinski definition) is 4. The van der Waals surface area contributed by atoms with Crippen molar-refractivity contribution < 1.29 is 14.6 Å². The molecule has 2 aromatic carbocycles. The first-order valence-corrected chi connectivity index (χ1v) is 8.66. The molecule has 0 saturated heterocycles. The van der Waals surface area contributed by atoms with Crippen LogP contribution in [0.1, 0.15) is 22.8 Å². The third-order valence-electron chi connectivity index (χ3n) is 4.15. The maximum atomic E-state index is 9.91. The standard InChI is InChI=1S/C21H24N2O3/c1-23-13-19(12-22-23)21(26-16-18-10-6-3-7-11-18)20(14-24)25-15-17-8-4-2-5-9-17/h2-13,20-21,24H,14-16H2,1H3/t20-,21+/m0/s1. The third kappa shape index (κ3) is 5.02. The highest BCUT2D eigenvalue weighted by Gasteiger charge is 2.26. The van der Waals surface area contributed by atoms with Gasteiger partial charge in [0.15, 0.2) is 0 Å². The molecule has 0 spiro atoms. The number of aromatic nitrogens is 2. The van der Waals surface area contributed by atoms with Gasteiger partial charge in [0.05, 0.1) is 26.0 Å². The Labute approximate surface area is 153 Å². The summed E-state index contributed by atoms with van der Waals surface area (Å²) in [5.41, 5.74) is 3.01. The largest absolute Gasteiger partial charge is 0.394 e. The summed E-state index contributed by atoms with van der Waals surface area (Å²) in [7, 11) is 1.86. The molecule has 0 radical (unpaired) electrons. The zero-order valence-electron chi connectivity index (χ0n) is 14.9. The van der Waals surface area contributed by atoms with Crippen molar-refractivity contribution in [3.63, 3.8) is 0 Å². The number of aryl methyl sites for hydroxylation is 1. The first-order chi connectivity index (χ1) is 12.8. The zero-order valence-corrected chi connectivity index (χ0v) is 14.9. The first kappa shape index (κ1) is 18.3. The molecule has 1 heterocycles. The highest BCUT2D eigenvalue weighted by molar-refractivity contribution is 5.16. The maximum Gasteiger partial charge on any atom is 0.114 e. The van der Waals surface area contributed by atoms with Gasteiger partial charge in [0.2, 0.25) is 0 Å². The SMILES string of the molecule is Cn1cc([C@@H](OCc2ccccc2)[C@H](CO)OCc2ccccc2)cn1. The Kier molecular flexibility index (Phi) is 6.55. The smallest absolute Gasteiger partial charge is 0.114 e.